The van der Waals surface area contributed by atoms with Crippen LogP contribution in [0.5, 0.6) is 0 Å². The number of hydrogen-bond donors (Lipinski definition) is 0. The van der Waals surface area contributed by atoms with Crippen LogP contribution in [-0.4, -0.2) is 30.1 Å². The first kappa shape index (κ1) is 16.5. The first-order valence-corrected chi connectivity index (χ1v) is 9.37. The Morgan fingerprint density at radius 2 is 1.48 bits per heavy atom. The fraction of sp³-hybridized carbons (Fsp3) is 0.294. The maximum atomic E-state index is 12.8. The average molecular weight is 351 g/mol. The molecule has 0 aromatic heterocycles. The fourth-order valence-electron chi connectivity index (χ4n) is 2.74. The zero-order chi connectivity index (χ0) is 16.3. The summed E-state index contributed by atoms with van der Waals surface area (Å²) in [5.41, 5.74) is 1.83. The molecule has 2 aromatic rings. The van der Waals surface area contributed by atoms with Gasteiger partial charge in [-0.3, -0.25) is 0 Å². The summed E-state index contributed by atoms with van der Waals surface area (Å²) in [6.07, 6.45) is 0.816. The minimum absolute atomic E-state index is 0.313. The molecular weight excluding hydrogens is 332 g/mol. The third-order valence-corrected chi connectivity index (χ3v) is 6.27. The second-order valence-electron chi connectivity index (χ2n) is 5.61. The second-order valence-corrected chi connectivity index (χ2v) is 7.94. The summed E-state index contributed by atoms with van der Waals surface area (Å²) in [5.74, 6) is 0. The summed E-state index contributed by atoms with van der Waals surface area (Å²) >= 11 is 6.17. The Kier molecular flexibility index (Phi) is 5.02. The number of benzene rings is 2. The minimum atomic E-state index is -3.47. The molecule has 23 heavy (non-hydrogen) atoms. The lowest BCUT2D eigenvalue weighted by molar-refractivity contribution is 0.276. The molecule has 1 aliphatic heterocycles. The van der Waals surface area contributed by atoms with E-state index in [0.717, 1.165) is 17.5 Å². The van der Waals surface area contributed by atoms with Crippen LogP contribution >= 0.6 is 11.6 Å². The van der Waals surface area contributed by atoms with Gasteiger partial charge in [-0.15, -0.1) is 0 Å². The Bertz CT molecular complexity index is 765. The van der Waals surface area contributed by atoms with Gasteiger partial charge in [0.05, 0.1) is 0 Å². The van der Waals surface area contributed by atoms with Crippen LogP contribution in [-0.2, 0) is 23.3 Å². The lowest BCUT2D eigenvalue weighted by Crippen LogP contribution is -2.48. The summed E-state index contributed by atoms with van der Waals surface area (Å²) in [6.45, 7) is 1.80. The van der Waals surface area contributed by atoms with Crippen LogP contribution in [0, 0.1) is 0 Å². The van der Waals surface area contributed by atoms with Crippen LogP contribution in [0.4, 0.5) is 0 Å². The predicted octanol–water partition coefficient (Wildman–Crippen LogP) is 3.29. The van der Waals surface area contributed by atoms with Crippen molar-refractivity contribution in [3.05, 3.63) is 70.7 Å². The van der Waals surface area contributed by atoms with Gasteiger partial charge in [-0.1, -0.05) is 60.1 Å². The van der Waals surface area contributed by atoms with Crippen molar-refractivity contribution < 1.29 is 8.42 Å². The Morgan fingerprint density at radius 1 is 0.870 bits per heavy atom. The molecule has 4 nitrogen and oxygen atoms in total. The molecule has 0 atom stereocenters. The molecule has 3 rings (SSSR count). The molecular formula is C17H19ClN2O2S. The largest absolute Gasteiger partial charge is 0.282 e. The van der Waals surface area contributed by atoms with Gasteiger partial charge in [-0.2, -0.15) is 17.0 Å². The highest BCUT2D eigenvalue weighted by Gasteiger charge is 2.33. The van der Waals surface area contributed by atoms with Crippen LogP contribution in [0.1, 0.15) is 17.5 Å². The first-order valence-electron chi connectivity index (χ1n) is 7.60. The Morgan fingerprint density at radius 3 is 2.17 bits per heavy atom. The van der Waals surface area contributed by atoms with Gasteiger partial charge in [0.2, 0.25) is 0 Å². The number of halogens is 1. The van der Waals surface area contributed by atoms with Gasteiger partial charge in [-0.25, -0.2) is 0 Å². The molecule has 0 unspecified atom stereocenters. The average Bonchev–Trinajstić information content (AvgIpc) is 2.54. The number of nitrogens with zero attached hydrogens (tertiary/aromatic N) is 2. The quantitative estimate of drug-likeness (QED) is 0.849. The molecule has 122 valence electrons. The molecule has 1 aliphatic rings. The zero-order valence-electron chi connectivity index (χ0n) is 12.7. The maximum Gasteiger partial charge on any atom is 0.282 e. The third-order valence-electron chi connectivity index (χ3n) is 3.97. The van der Waals surface area contributed by atoms with E-state index >= 15 is 0 Å². The second kappa shape index (κ2) is 7.01. The van der Waals surface area contributed by atoms with E-state index in [1.54, 1.807) is 10.4 Å². The van der Waals surface area contributed by atoms with Gasteiger partial charge in [0, 0.05) is 31.2 Å². The molecule has 1 fully saturated rings. The summed E-state index contributed by atoms with van der Waals surface area (Å²) in [6, 6.07) is 17.0. The van der Waals surface area contributed by atoms with E-state index in [1.165, 1.54) is 4.31 Å². The highest BCUT2D eigenvalue weighted by Crippen LogP contribution is 2.24. The van der Waals surface area contributed by atoms with Crippen molar-refractivity contribution in [1.29, 1.82) is 0 Å². The van der Waals surface area contributed by atoms with Gasteiger partial charge in [0.1, 0.15) is 0 Å². The van der Waals surface area contributed by atoms with Gasteiger partial charge in [0.15, 0.2) is 0 Å². The summed E-state index contributed by atoms with van der Waals surface area (Å²) in [5, 5.41) is 0.600. The fourth-order valence-corrected chi connectivity index (χ4v) is 4.60. The number of hydrogen-bond acceptors (Lipinski definition) is 2. The molecule has 0 bridgehead atoms. The monoisotopic (exact) mass is 350 g/mol. The highest BCUT2D eigenvalue weighted by atomic mass is 35.5. The van der Waals surface area contributed by atoms with Crippen molar-refractivity contribution in [2.45, 2.75) is 19.5 Å². The van der Waals surface area contributed by atoms with E-state index in [-0.39, 0.29) is 0 Å². The summed E-state index contributed by atoms with van der Waals surface area (Å²) in [4.78, 5) is 0. The molecule has 1 saturated heterocycles. The Labute approximate surface area is 142 Å². The van der Waals surface area contributed by atoms with E-state index in [4.69, 9.17) is 11.6 Å². The van der Waals surface area contributed by atoms with Crippen molar-refractivity contribution in [2.75, 3.05) is 13.1 Å². The highest BCUT2D eigenvalue weighted by molar-refractivity contribution is 7.86. The lowest BCUT2D eigenvalue weighted by Gasteiger charge is -2.34. The van der Waals surface area contributed by atoms with E-state index in [9.17, 15) is 8.42 Å². The smallest absolute Gasteiger partial charge is 0.195 e. The standard InChI is InChI=1S/C17H19ClN2O2S/c18-17-10-5-4-9-16(17)14-20-12-6-11-19(23(20,21)22)13-15-7-2-1-3-8-15/h1-5,7-10H,6,11-14H2. The van der Waals surface area contributed by atoms with Crippen LogP contribution in [0.3, 0.4) is 0 Å². The van der Waals surface area contributed by atoms with Crippen molar-refractivity contribution >= 4 is 21.8 Å². The van der Waals surface area contributed by atoms with Crippen molar-refractivity contribution in [2.24, 2.45) is 0 Å². The van der Waals surface area contributed by atoms with Crippen molar-refractivity contribution in [3.63, 3.8) is 0 Å². The van der Waals surface area contributed by atoms with Gasteiger partial charge in [-0.05, 0) is 23.6 Å². The van der Waals surface area contributed by atoms with Gasteiger partial charge >= 0.3 is 0 Å². The van der Waals surface area contributed by atoms with Crippen LogP contribution in [0.15, 0.2) is 54.6 Å². The molecule has 0 N–H and O–H groups in total. The molecule has 0 radical (unpaired) electrons. The van der Waals surface area contributed by atoms with Crippen LogP contribution < -0.4 is 0 Å². The SMILES string of the molecule is O=S1(=O)N(Cc2ccccc2)CCCN1Cc1ccccc1Cl. The zero-order valence-corrected chi connectivity index (χ0v) is 14.3. The van der Waals surface area contributed by atoms with Crippen molar-refractivity contribution in [3.8, 4) is 0 Å². The van der Waals surface area contributed by atoms with E-state index in [1.807, 2.05) is 48.5 Å². The van der Waals surface area contributed by atoms with E-state index in [2.05, 4.69) is 0 Å². The molecule has 0 amide bonds. The Balaban J connectivity index is 1.79. The van der Waals surface area contributed by atoms with Crippen molar-refractivity contribution in [1.82, 2.24) is 8.61 Å². The van der Waals surface area contributed by atoms with Crippen LogP contribution in [0.25, 0.3) is 0 Å². The van der Waals surface area contributed by atoms with E-state index in [0.29, 0.717) is 31.2 Å². The summed E-state index contributed by atoms with van der Waals surface area (Å²) in [7, 11) is -3.47. The van der Waals surface area contributed by atoms with Crippen LogP contribution in [0.2, 0.25) is 5.02 Å². The first-order chi connectivity index (χ1) is 11.1. The minimum Gasteiger partial charge on any atom is -0.195 e. The maximum absolute atomic E-state index is 12.8. The third kappa shape index (κ3) is 3.75. The molecule has 2 aromatic carbocycles. The Hall–Kier alpha value is -1.40. The predicted molar refractivity (Wildman–Crippen MR) is 92.3 cm³/mol. The summed E-state index contributed by atoms with van der Waals surface area (Å²) < 4.78 is 28.7. The van der Waals surface area contributed by atoms with Gasteiger partial charge < -0.3 is 0 Å². The van der Waals surface area contributed by atoms with E-state index < -0.39 is 10.2 Å². The topological polar surface area (TPSA) is 40.6 Å². The molecule has 0 spiro atoms. The molecule has 0 saturated carbocycles. The number of rotatable bonds is 4. The molecule has 6 heteroatoms. The van der Waals surface area contributed by atoms with Gasteiger partial charge in [0.25, 0.3) is 10.2 Å². The normalized spacial score (nSPS) is 18.8. The molecule has 1 heterocycles. The lowest BCUT2D eigenvalue weighted by atomic mass is 10.2. The molecule has 0 aliphatic carbocycles.